The molecule has 0 spiro atoms. The number of benzene rings is 1. The Hall–Kier alpha value is -0.950. The summed E-state index contributed by atoms with van der Waals surface area (Å²) < 4.78 is 1.35. The molecule has 0 aliphatic carbocycles. The van der Waals surface area contributed by atoms with E-state index in [4.69, 9.17) is 5.26 Å². The standard InChI is InChI=1S/C8H4N2O.In/c9-5-7-2-1-3-8(4-7)10-6-11;/h1-2,4H,(H,10,11);. The average Bonchev–Trinajstić information content (AvgIpc) is 2.43. The van der Waals surface area contributed by atoms with E-state index in [9.17, 15) is 4.79 Å². The van der Waals surface area contributed by atoms with Crippen LogP contribution in [0.1, 0.15) is 5.56 Å². The van der Waals surface area contributed by atoms with Gasteiger partial charge >= 0.3 is 80.8 Å². The molecular formula is C8H4InN2O. The van der Waals surface area contributed by atoms with Crippen molar-refractivity contribution in [2.45, 2.75) is 0 Å². The number of nitrogens with zero attached hydrogens (tertiary/aromatic N) is 1. The second-order valence-electron chi connectivity index (χ2n) is 2.55. The van der Waals surface area contributed by atoms with E-state index in [1.54, 1.807) is 12.1 Å². The van der Waals surface area contributed by atoms with E-state index < -0.39 is 22.9 Å². The van der Waals surface area contributed by atoms with Crippen molar-refractivity contribution in [3.8, 4) is 6.07 Å². The molecule has 1 amide bonds. The van der Waals surface area contributed by atoms with Crippen molar-refractivity contribution in [3.05, 3.63) is 23.8 Å². The van der Waals surface area contributed by atoms with Crippen molar-refractivity contribution >= 4 is 35.6 Å². The van der Waals surface area contributed by atoms with Crippen molar-refractivity contribution in [2.24, 2.45) is 0 Å². The van der Waals surface area contributed by atoms with Crippen molar-refractivity contribution in [3.63, 3.8) is 0 Å². The van der Waals surface area contributed by atoms with Crippen LogP contribution in [0, 0.1) is 11.3 Å². The molecule has 1 radical (unpaired) electrons. The van der Waals surface area contributed by atoms with Gasteiger partial charge in [-0.15, -0.1) is 0 Å². The molecule has 2 rings (SSSR count). The summed E-state index contributed by atoms with van der Waals surface area (Å²) in [5.41, 5.74) is 1.47. The minimum atomic E-state index is -1.21. The molecule has 1 aromatic carbocycles. The number of nitrogens with one attached hydrogen (secondary N) is 1. The molecule has 0 saturated heterocycles. The van der Waals surface area contributed by atoms with Gasteiger partial charge in [0.25, 0.3) is 0 Å². The van der Waals surface area contributed by atoms with Crippen LogP contribution in [0.5, 0.6) is 0 Å². The molecule has 1 heterocycles. The first-order chi connectivity index (χ1) is 5.79. The number of hydrogen-bond acceptors (Lipinski definition) is 2. The van der Waals surface area contributed by atoms with E-state index in [0.717, 1.165) is 9.01 Å². The van der Waals surface area contributed by atoms with Crippen LogP contribution in [-0.2, 0) is 0 Å². The van der Waals surface area contributed by atoms with E-state index in [2.05, 4.69) is 5.32 Å². The third-order valence-corrected chi connectivity index (χ3v) is 5.21. The molecule has 0 fully saturated rings. The maximum absolute atomic E-state index is 11.0. The van der Waals surface area contributed by atoms with Crippen LogP contribution in [0.25, 0.3) is 0 Å². The Morgan fingerprint density at radius 3 is 3.08 bits per heavy atom. The quantitative estimate of drug-likeness (QED) is 0.734. The number of fused-ring (bicyclic) bond motifs is 1. The van der Waals surface area contributed by atoms with Crippen molar-refractivity contribution in [1.82, 2.24) is 0 Å². The van der Waals surface area contributed by atoms with Gasteiger partial charge in [-0.3, -0.25) is 0 Å². The van der Waals surface area contributed by atoms with Gasteiger partial charge in [0.2, 0.25) is 0 Å². The maximum atomic E-state index is 11.0. The van der Waals surface area contributed by atoms with Gasteiger partial charge in [-0.2, -0.15) is 0 Å². The molecule has 12 heavy (non-hydrogen) atoms. The normalized spacial score (nSPS) is 12.8. The zero-order chi connectivity index (χ0) is 8.55. The SMILES string of the molecule is N#Cc1cc[c]2c(c1)N[C](=O)[In]2. The van der Waals surface area contributed by atoms with Crippen LogP contribution in [0.3, 0.4) is 0 Å². The first kappa shape index (κ1) is 7.69. The molecule has 1 aliphatic heterocycles. The number of hydrogen-bond donors (Lipinski definition) is 1. The zero-order valence-electron chi connectivity index (χ0n) is 6.16. The Morgan fingerprint density at radius 2 is 2.33 bits per heavy atom. The summed E-state index contributed by atoms with van der Waals surface area (Å²) in [5, 5.41) is 11.4. The molecule has 55 valence electrons. The van der Waals surface area contributed by atoms with Gasteiger partial charge in [-0.25, -0.2) is 0 Å². The van der Waals surface area contributed by atoms with Crippen LogP contribution in [0.4, 0.5) is 10.5 Å². The summed E-state index contributed by atoms with van der Waals surface area (Å²) in [6.07, 6.45) is 0. The van der Waals surface area contributed by atoms with Crippen molar-refractivity contribution in [1.29, 1.82) is 5.26 Å². The minimum absolute atomic E-state index is 0.190. The molecule has 0 aromatic heterocycles. The third kappa shape index (κ3) is 1.21. The first-order valence-corrected chi connectivity index (χ1v) is 6.79. The van der Waals surface area contributed by atoms with Gasteiger partial charge in [0.1, 0.15) is 0 Å². The van der Waals surface area contributed by atoms with Crippen LogP contribution in [0.2, 0.25) is 0 Å². The van der Waals surface area contributed by atoms with Gasteiger partial charge in [-0.1, -0.05) is 0 Å². The number of rotatable bonds is 0. The summed E-state index contributed by atoms with van der Waals surface area (Å²) in [6, 6.07) is 7.45. The van der Waals surface area contributed by atoms with Gasteiger partial charge in [-0.05, 0) is 0 Å². The van der Waals surface area contributed by atoms with E-state index in [0.29, 0.717) is 5.56 Å². The molecule has 1 aromatic rings. The van der Waals surface area contributed by atoms with Crippen LogP contribution < -0.4 is 8.64 Å². The predicted octanol–water partition coefficient (Wildman–Crippen LogP) is 0.433. The molecule has 3 nitrogen and oxygen atoms in total. The number of amides is 1. The fourth-order valence-electron chi connectivity index (χ4n) is 1.17. The fraction of sp³-hybridized carbons (Fsp3) is 0. The van der Waals surface area contributed by atoms with Crippen molar-refractivity contribution in [2.75, 3.05) is 5.32 Å². The Kier molecular flexibility index (Phi) is 1.81. The summed E-state index contributed by atoms with van der Waals surface area (Å²) in [4.78, 5) is 11.0. The summed E-state index contributed by atoms with van der Waals surface area (Å²) >= 11 is -1.21. The van der Waals surface area contributed by atoms with Crippen LogP contribution in [0.15, 0.2) is 18.2 Å². The summed E-state index contributed by atoms with van der Waals surface area (Å²) in [7, 11) is 0. The Morgan fingerprint density at radius 1 is 1.50 bits per heavy atom. The van der Waals surface area contributed by atoms with Gasteiger partial charge < -0.3 is 0 Å². The summed E-state index contributed by atoms with van der Waals surface area (Å²) in [6.45, 7) is 0. The molecule has 1 N–H and O–H groups in total. The second-order valence-corrected chi connectivity index (χ2v) is 6.64. The Bertz CT molecular complexity index is 395. The monoisotopic (exact) mass is 259 g/mol. The topological polar surface area (TPSA) is 52.9 Å². The molecule has 0 saturated carbocycles. The summed E-state index contributed by atoms with van der Waals surface area (Å²) in [5.74, 6) is 0. The van der Waals surface area contributed by atoms with E-state index in [1.807, 2.05) is 12.1 Å². The molecule has 4 heteroatoms. The van der Waals surface area contributed by atoms with E-state index in [-0.39, 0.29) is 3.66 Å². The first-order valence-electron chi connectivity index (χ1n) is 3.49. The zero-order valence-corrected chi connectivity index (χ0v) is 9.46. The van der Waals surface area contributed by atoms with Gasteiger partial charge in [0.15, 0.2) is 0 Å². The Balaban J connectivity index is 2.50. The van der Waals surface area contributed by atoms with Crippen LogP contribution in [-0.4, -0.2) is 26.6 Å². The molecule has 0 bridgehead atoms. The van der Waals surface area contributed by atoms with Crippen molar-refractivity contribution < 1.29 is 4.79 Å². The number of anilines is 1. The van der Waals surface area contributed by atoms with Gasteiger partial charge in [0, 0.05) is 0 Å². The molecular weight excluding hydrogens is 255 g/mol. The molecule has 0 unspecified atom stereocenters. The van der Waals surface area contributed by atoms with E-state index >= 15 is 0 Å². The predicted molar refractivity (Wildman–Crippen MR) is 45.6 cm³/mol. The Labute approximate surface area is 80.7 Å². The average molecular weight is 259 g/mol. The van der Waals surface area contributed by atoms with Gasteiger partial charge in [0.05, 0.1) is 0 Å². The second kappa shape index (κ2) is 2.83. The third-order valence-electron chi connectivity index (χ3n) is 1.73. The number of nitriles is 1. The number of carbonyl (C=O) groups is 1. The molecule has 1 aliphatic rings. The van der Waals surface area contributed by atoms with E-state index in [1.165, 1.54) is 0 Å². The number of carbonyl (C=O) groups excluding carboxylic acids is 1. The molecule has 0 atom stereocenters. The van der Waals surface area contributed by atoms with Crippen LogP contribution >= 0.6 is 0 Å². The fourth-order valence-corrected chi connectivity index (χ4v) is 4.06.